The molecule has 9 heteroatoms. The first-order valence-corrected chi connectivity index (χ1v) is 8.22. The Bertz CT molecular complexity index is 905. The number of ether oxygens (including phenoxy) is 1. The standard InChI is InChI=1S/C16H11BrClFN4O2/c17-12-6-11(19)2-4-15(12)25-7-16(24)22-13-5-10(18)1-3-14(13)23-9-20-8-21-23/h1-6,8-9H,7H2,(H,22,24). The molecule has 2 aromatic carbocycles. The molecule has 0 spiro atoms. The number of aromatic nitrogens is 3. The van der Waals surface area contributed by atoms with E-state index in [9.17, 15) is 9.18 Å². The maximum atomic E-state index is 13.1. The molecule has 0 aliphatic rings. The molecule has 1 heterocycles. The van der Waals surface area contributed by atoms with Crippen LogP contribution in [0.3, 0.4) is 0 Å². The van der Waals surface area contributed by atoms with Crippen LogP contribution in [0, 0.1) is 5.82 Å². The van der Waals surface area contributed by atoms with E-state index in [-0.39, 0.29) is 6.61 Å². The second-order valence-corrected chi connectivity index (χ2v) is 6.20. The predicted octanol–water partition coefficient (Wildman–Crippen LogP) is 3.84. The lowest BCUT2D eigenvalue weighted by atomic mass is 10.2. The van der Waals surface area contributed by atoms with Gasteiger partial charge in [-0.1, -0.05) is 11.6 Å². The van der Waals surface area contributed by atoms with Crippen molar-refractivity contribution in [2.75, 3.05) is 11.9 Å². The van der Waals surface area contributed by atoms with E-state index in [2.05, 4.69) is 31.3 Å². The summed E-state index contributed by atoms with van der Waals surface area (Å²) in [6, 6.07) is 8.94. The molecule has 1 N–H and O–H groups in total. The van der Waals surface area contributed by atoms with Gasteiger partial charge < -0.3 is 10.1 Å². The number of benzene rings is 2. The van der Waals surface area contributed by atoms with Gasteiger partial charge in [-0.25, -0.2) is 14.1 Å². The van der Waals surface area contributed by atoms with E-state index in [1.54, 1.807) is 18.2 Å². The van der Waals surface area contributed by atoms with Gasteiger partial charge in [0, 0.05) is 5.02 Å². The molecule has 6 nitrogen and oxygen atoms in total. The van der Waals surface area contributed by atoms with Gasteiger partial charge >= 0.3 is 0 Å². The fraction of sp³-hybridized carbons (Fsp3) is 0.0625. The van der Waals surface area contributed by atoms with E-state index in [1.165, 1.54) is 35.5 Å². The molecule has 0 atom stereocenters. The molecule has 0 aliphatic carbocycles. The summed E-state index contributed by atoms with van der Waals surface area (Å²) in [5.41, 5.74) is 1.07. The molecule has 0 unspecified atom stereocenters. The average Bonchev–Trinajstić information content (AvgIpc) is 3.08. The van der Waals surface area contributed by atoms with Crippen LogP contribution in [0.1, 0.15) is 0 Å². The Morgan fingerprint density at radius 3 is 2.88 bits per heavy atom. The van der Waals surface area contributed by atoms with Gasteiger partial charge in [-0.15, -0.1) is 0 Å². The van der Waals surface area contributed by atoms with Crippen LogP contribution < -0.4 is 10.1 Å². The molecule has 0 aliphatic heterocycles. The van der Waals surface area contributed by atoms with Crippen molar-refractivity contribution in [2.45, 2.75) is 0 Å². The van der Waals surface area contributed by atoms with Gasteiger partial charge in [-0.2, -0.15) is 5.10 Å². The van der Waals surface area contributed by atoms with Crippen molar-refractivity contribution < 1.29 is 13.9 Å². The Morgan fingerprint density at radius 2 is 2.16 bits per heavy atom. The quantitative estimate of drug-likeness (QED) is 0.674. The number of anilines is 1. The SMILES string of the molecule is O=C(COc1ccc(F)cc1Br)Nc1cc(Cl)ccc1-n1cncn1. The van der Waals surface area contributed by atoms with Crippen LogP contribution in [0.4, 0.5) is 10.1 Å². The molecule has 0 bridgehead atoms. The molecule has 0 radical (unpaired) electrons. The Kier molecular flexibility index (Phi) is 5.30. The Morgan fingerprint density at radius 1 is 1.32 bits per heavy atom. The van der Waals surface area contributed by atoms with Crippen LogP contribution in [-0.4, -0.2) is 27.3 Å². The third-order valence-corrected chi connectivity index (χ3v) is 4.01. The van der Waals surface area contributed by atoms with Crippen LogP contribution in [-0.2, 0) is 4.79 Å². The lowest BCUT2D eigenvalue weighted by Gasteiger charge is -2.12. The summed E-state index contributed by atoms with van der Waals surface area (Å²) in [4.78, 5) is 16.1. The zero-order valence-electron chi connectivity index (χ0n) is 12.6. The van der Waals surface area contributed by atoms with Crippen molar-refractivity contribution in [3.63, 3.8) is 0 Å². The molecular weight excluding hydrogens is 415 g/mol. The highest BCUT2D eigenvalue weighted by atomic mass is 79.9. The number of nitrogens with one attached hydrogen (secondary N) is 1. The van der Waals surface area contributed by atoms with Crippen molar-refractivity contribution in [2.24, 2.45) is 0 Å². The van der Waals surface area contributed by atoms with Crippen LogP contribution >= 0.6 is 27.5 Å². The van der Waals surface area contributed by atoms with Crippen LogP contribution in [0.25, 0.3) is 5.69 Å². The highest BCUT2D eigenvalue weighted by Gasteiger charge is 2.12. The minimum absolute atomic E-state index is 0.256. The van der Waals surface area contributed by atoms with Crippen LogP contribution in [0.5, 0.6) is 5.75 Å². The van der Waals surface area contributed by atoms with Crippen molar-refractivity contribution >= 4 is 39.1 Å². The van der Waals surface area contributed by atoms with Gasteiger partial charge in [0.05, 0.1) is 15.8 Å². The first-order chi connectivity index (χ1) is 12.0. The maximum Gasteiger partial charge on any atom is 0.262 e. The monoisotopic (exact) mass is 424 g/mol. The van der Waals surface area contributed by atoms with Crippen molar-refractivity contribution in [1.29, 1.82) is 0 Å². The van der Waals surface area contributed by atoms with Gasteiger partial charge in [0.2, 0.25) is 0 Å². The first-order valence-electron chi connectivity index (χ1n) is 7.05. The number of carbonyl (C=O) groups excluding carboxylic acids is 1. The highest BCUT2D eigenvalue weighted by Crippen LogP contribution is 2.26. The van der Waals surface area contributed by atoms with E-state index in [0.29, 0.717) is 26.6 Å². The second kappa shape index (κ2) is 7.62. The van der Waals surface area contributed by atoms with E-state index in [1.807, 2.05) is 0 Å². The zero-order chi connectivity index (χ0) is 17.8. The van der Waals surface area contributed by atoms with Crippen molar-refractivity contribution in [3.05, 3.63) is 64.4 Å². The fourth-order valence-electron chi connectivity index (χ4n) is 2.06. The molecule has 1 amide bonds. The second-order valence-electron chi connectivity index (χ2n) is 4.91. The van der Waals surface area contributed by atoms with E-state index < -0.39 is 11.7 Å². The first kappa shape index (κ1) is 17.4. The van der Waals surface area contributed by atoms with Gasteiger partial charge in [0.15, 0.2) is 6.61 Å². The average molecular weight is 426 g/mol. The summed E-state index contributed by atoms with van der Waals surface area (Å²) in [5.74, 6) is -0.445. The number of halogens is 3. The number of rotatable bonds is 5. The Balaban J connectivity index is 1.72. The predicted molar refractivity (Wildman–Crippen MR) is 94.6 cm³/mol. The molecule has 1 aromatic heterocycles. The smallest absolute Gasteiger partial charge is 0.262 e. The summed E-state index contributed by atoms with van der Waals surface area (Å²) in [7, 11) is 0. The summed E-state index contributed by atoms with van der Waals surface area (Å²) in [6.07, 6.45) is 2.89. The number of amides is 1. The third kappa shape index (κ3) is 4.34. The van der Waals surface area contributed by atoms with Gasteiger partial charge in [-0.05, 0) is 52.3 Å². The van der Waals surface area contributed by atoms with Gasteiger partial charge in [0.1, 0.15) is 24.2 Å². The van der Waals surface area contributed by atoms with E-state index in [0.717, 1.165) is 0 Å². The minimum atomic E-state index is -0.403. The molecule has 0 saturated carbocycles. The van der Waals surface area contributed by atoms with E-state index >= 15 is 0 Å². The fourth-order valence-corrected chi connectivity index (χ4v) is 2.70. The lowest BCUT2D eigenvalue weighted by molar-refractivity contribution is -0.118. The van der Waals surface area contributed by atoms with Crippen molar-refractivity contribution in [3.8, 4) is 11.4 Å². The van der Waals surface area contributed by atoms with Crippen LogP contribution in [0.2, 0.25) is 5.02 Å². The number of carbonyl (C=O) groups is 1. The number of nitrogens with zero attached hydrogens (tertiary/aromatic N) is 3. The largest absolute Gasteiger partial charge is 0.483 e. The highest BCUT2D eigenvalue weighted by molar-refractivity contribution is 9.10. The Labute approximate surface area is 155 Å². The maximum absolute atomic E-state index is 13.1. The van der Waals surface area contributed by atoms with Crippen molar-refractivity contribution in [1.82, 2.24) is 14.8 Å². The molecule has 3 rings (SSSR count). The minimum Gasteiger partial charge on any atom is -0.483 e. The zero-order valence-corrected chi connectivity index (χ0v) is 15.0. The molecular formula is C16H11BrClFN4O2. The molecule has 25 heavy (non-hydrogen) atoms. The topological polar surface area (TPSA) is 69.0 Å². The molecule has 0 saturated heterocycles. The summed E-state index contributed by atoms with van der Waals surface area (Å²) < 4.78 is 20.4. The normalized spacial score (nSPS) is 10.5. The molecule has 0 fully saturated rings. The van der Waals surface area contributed by atoms with Crippen LogP contribution in [0.15, 0.2) is 53.5 Å². The van der Waals surface area contributed by atoms with E-state index in [4.69, 9.17) is 16.3 Å². The Hall–Kier alpha value is -2.45. The van der Waals surface area contributed by atoms with Gasteiger partial charge in [0.25, 0.3) is 5.91 Å². The molecule has 128 valence electrons. The summed E-state index contributed by atoms with van der Waals surface area (Å²) in [5, 5.41) is 7.21. The summed E-state index contributed by atoms with van der Waals surface area (Å²) >= 11 is 9.18. The third-order valence-electron chi connectivity index (χ3n) is 3.15. The number of hydrogen-bond donors (Lipinski definition) is 1. The molecule has 3 aromatic rings. The lowest BCUT2D eigenvalue weighted by Crippen LogP contribution is -2.21. The van der Waals surface area contributed by atoms with Gasteiger partial charge in [-0.3, -0.25) is 4.79 Å². The summed E-state index contributed by atoms with van der Waals surface area (Å²) in [6.45, 7) is -0.256. The number of hydrogen-bond acceptors (Lipinski definition) is 4.